The lowest BCUT2D eigenvalue weighted by Crippen LogP contribution is -2.51. The van der Waals surface area contributed by atoms with Crippen LogP contribution in [0, 0.1) is 35.8 Å². The Bertz CT molecular complexity index is 1490. The van der Waals surface area contributed by atoms with Crippen LogP contribution >= 0.6 is 0 Å². The Kier molecular flexibility index (Phi) is 6.29. The standard InChI is InChI=1S/C29H26F2N4O/c1-3-33-13-18-15-35(16-18)28-25-10-19(24-11-23(31)9-21(12-32)29(24)36)4-5-27(25)34-14-26(28)20-6-17(2)7-22(30)8-20/h4-11,14,18,33,36H,3,13,15-16H2,1-2H3. The van der Waals surface area contributed by atoms with Gasteiger partial charge in [0.05, 0.1) is 16.8 Å². The van der Waals surface area contributed by atoms with Crippen LogP contribution in [0.3, 0.4) is 0 Å². The van der Waals surface area contributed by atoms with E-state index in [4.69, 9.17) is 0 Å². The second kappa shape index (κ2) is 9.56. The highest BCUT2D eigenvalue weighted by Crippen LogP contribution is 2.42. The largest absolute Gasteiger partial charge is 0.506 e. The molecule has 1 saturated heterocycles. The summed E-state index contributed by atoms with van der Waals surface area (Å²) >= 11 is 0. The van der Waals surface area contributed by atoms with Crippen LogP contribution in [0.25, 0.3) is 33.2 Å². The number of benzene rings is 3. The van der Waals surface area contributed by atoms with Gasteiger partial charge in [0, 0.05) is 48.3 Å². The van der Waals surface area contributed by atoms with E-state index in [9.17, 15) is 19.1 Å². The maximum Gasteiger partial charge on any atom is 0.141 e. The number of aromatic nitrogens is 1. The van der Waals surface area contributed by atoms with E-state index in [0.717, 1.165) is 65.5 Å². The Balaban J connectivity index is 1.70. The van der Waals surface area contributed by atoms with Crippen molar-refractivity contribution in [2.24, 2.45) is 5.92 Å². The number of nitrogens with zero attached hydrogens (tertiary/aromatic N) is 3. The van der Waals surface area contributed by atoms with Crippen molar-refractivity contribution in [3.8, 4) is 34.1 Å². The molecule has 0 unspecified atom stereocenters. The van der Waals surface area contributed by atoms with Crippen LogP contribution in [-0.2, 0) is 0 Å². The summed E-state index contributed by atoms with van der Waals surface area (Å²) in [6.07, 6.45) is 1.77. The van der Waals surface area contributed by atoms with E-state index in [0.29, 0.717) is 11.5 Å². The van der Waals surface area contributed by atoms with E-state index >= 15 is 0 Å². The number of nitrogens with one attached hydrogen (secondary N) is 1. The quantitative estimate of drug-likeness (QED) is 0.363. The molecule has 0 radical (unpaired) electrons. The molecule has 4 aromatic rings. The number of phenols is 1. The molecule has 0 bridgehead atoms. The van der Waals surface area contributed by atoms with Crippen molar-refractivity contribution in [1.82, 2.24) is 10.3 Å². The van der Waals surface area contributed by atoms with Crippen LogP contribution in [-0.4, -0.2) is 36.3 Å². The third-order valence-corrected chi connectivity index (χ3v) is 6.66. The van der Waals surface area contributed by atoms with Gasteiger partial charge in [-0.05, 0) is 66.6 Å². The fraction of sp³-hybridized carbons (Fsp3) is 0.241. The Morgan fingerprint density at radius 2 is 1.83 bits per heavy atom. The van der Waals surface area contributed by atoms with Gasteiger partial charge in [-0.15, -0.1) is 0 Å². The number of nitriles is 1. The summed E-state index contributed by atoms with van der Waals surface area (Å²) in [5.41, 5.74) is 4.70. The highest BCUT2D eigenvalue weighted by atomic mass is 19.1. The second-order valence-electron chi connectivity index (χ2n) is 9.31. The van der Waals surface area contributed by atoms with E-state index in [-0.39, 0.29) is 22.7 Å². The maximum absolute atomic E-state index is 14.4. The molecule has 3 aromatic carbocycles. The molecule has 1 fully saturated rings. The predicted molar refractivity (Wildman–Crippen MR) is 138 cm³/mol. The molecule has 2 heterocycles. The number of pyridine rings is 1. The summed E-state index contributed by atoms with van der Waals surface area (Å²) < 4.78 is 28.6. The average molecular weight is 485 g/mol. The molecule has 1 aromatic heterocycles. The van der Waals surface area contributed by atoms with Gasteiger partial charge < -0.3 is 15.3 Å². The Morgan fingerprint density at radius 3 is 2.56 bits per heavy atom. The van der Waals surface area contributed by atoms with Crippen molar-refractivity contribution in [3.63, 3.8) is 0 Å². The maximum atomic E-state index is 14.4. The van der Waals surface area contributed by atoms with Gasteiger partial charge in [-0.1, -0.05) is 19.1 Å². The number of aryl methyl sites for hydroxylation is 1. The van der Waals surface area contributed by atoms with Crippen molar-refractivity contribution < 1.29 is 13.9 Å². The van der Waals surface area contributed by atoms with Gasteiger partial charge in [0.2, 0.25) is 0 Å². The fourth-order valence-corrected chi connectivity index (χ4v) is 4.92. The lowest BCUT2D eigenvalue weighted by Gasteiger charge is -2.42. The first-order chi connectivity index (χ1) is 17.4. The first-order valence-electron chi connectivity index (χ1n) is 12.0. The number of fused-ring (bicyclic) bond motifs is 1. The van der Waals surface area contributed by atoms with Gasteiger partial charge in [-0.2, -0.15) is 5.26 Å². The zero-order valence-corrected chi connectivity index (χ0v) is 20.1. The summed E-state index contributed by atoms with van der Waals surface area (Å²) in [6.45, 7) is 7.44. The van der Waals surface area contributed by atoms with E-state index in [2.05, 4.69) is 22.1 Å². The molecule has 1 aliphatic heterocycles. The van der Waals surface area contributed by atoms with Crippen molar-refractivity contribution in [2.45, 2.75) is 13.8 Å². The molecule has 0 amide bonds. The van der Waals surface area contributed by atoms with Gasteiger partial charge >= 0.3 is 0 Å². The lowest BCUT2D eigenvalue weighted by atomic mass is 9.92. The van der Waals surface area contributed by atoms with Crippen LogP contribution in [0.5, 0.6) is 5.75 Å². The minimum atomic E-state index is -0.601. The molecule has 0 saturated carbocycles. The van der Waals surface area contributed by atoms with E-state index in [1.165, 1.54) is 18.2 Å². The fourth-order valence-electron chi connectivity index (χ4n) is 4.92. The van der Waals surface area contributed by atoms with Crippen molar-refractivity contribution in [3.05, 3.63) is 77.5 Å². The number of aromatic hydroxyl groups is 1. The van der Waals surface area contributed by atoms with Crippen LogP contribution < -0.4 is 10.2 Å². The molecule has 0 atom stereocenters. The summed E-state index contributed by atoms with van der Waals surface area (Å²) in [6, 6.07) is 14.5. The molecule has 36 heavy (non-hydrogen) atoms. The molecule has 7 heteroatoms. The van der Waals surface area contributed by atoms with E-state index in [1.54, 1.807) is 12.3 Å². The molecule has 5 nitrogen and oxygen atoms in total. The van der Waals surface area contributed by atoms with E-state index < -0.39 is 5.82 Å². The molecule has 0 aliphatic carbocycles. The molecular weight excluding hydrogens is 458 g/mol. The molecule has 5 rings (SSSR count). The van der Waals surface area contributed by atoms with Gasteiger partial charge in [0.1, 0.15) is 23.5 Å². The van der Waals surface area contributed by atoms with Crippen LogP contribution in [0.1, 0.15) is 18.1 Å². The Hall–Kier alpha value is -4.02. The first kappa shape index (κ1) is 23.7. The number of phenolic OH excluding ortho intramolecular Hbond substituents is 1. The predicted octanol–water partition coefficient (Wildman–Crippen LogP) is 5.78. The van der Waals surface area contributed by atoms with Crippen molar-refractivity contribution in [2.75, 3.05) is 31.1 Å². The van der Waals surface area contributed by atoms with Crippen molar-refractivity contribution in [1.29, 1.82) is 5.26 Å². The third-order valence-electron chi connectivity index (χ3n) is 6.66. The Morgan fingerprint density at radius 1 is 1.06 bits per heavy atom. The summed E-state index contributed by atoms with van der Waals surface area (Å²) in [5, 5.41) is 24.1. The van der Waals surface area contributed by atoms with Gasteiger partial charge in [-0.3, -0.25) is 4.98 Å². The number of hydrogen-bond donors (Lipinski definition) is 2. The number of hydrogen-bond acceptors (Lipinski definition) is 5. The van der Waals surface area contributed by atoms with Gasteiger partial charge in [-0.25, -0.2) is 8.78 Å². The number of halogens is 2. The molecule has 182 valence electrons. The number of anilines is 1. The van der Waals surface area contributed by atoms with Gasteiger partial charge in [0.25, 0.3) is 0 Å². The minimum Gasteiger partial charge on any atom is -0.506 e. The van der Waals surface area contributed by atoms with Crippen molar-refractivity contribution >= 4 is 16.6 Å². The van der Waals surface area contributed by atoms with Crippen LogP contribution in [0.4, 0.5) is 14.5 Å². The summed E-state index contributed by atoms with van der Waals surface area (Å²) in [7, 11) is 0. The topological polar surface area (TPSA) is 72.2 Å². The molecule has 0 spiro atoms. The van der Waals surface area contributed by atoms with Gasteiger partial charge in [0.15, 0.2) is 0 Å². The lowest BCUT2D eigenvalue weighted by molar-refractivity contribution is 0.390. The van der Waals surface area contributed by atoms with E-state index in [1.807, 2.05) is 31.2 Å². The van der Waals surface area contributed by atoms with Crippen LogP contribution in [0.2, 0.25) is 0 Å². The molecule has 2 N–H and O–H groups in total. The monoisotopic (exact) mass is 484 g/mol. The average Bonchev–Trinajstić information content (AvgIpc) is 2.83. The highest BCUT2D eigenvalue weighted by Gasteiger charge is 2.30. The summed E-state index contributed by atoms with van der Waals surface area (Å²) in [4.78, 5) is 6.91. The normalized spacial score (nSPS) is 13.6. The Labute approximate surface area is 208 Å². The minimum absolute atomic E-state index is 0.124. The van der Waals surface area contributed by atoms with Crippen LogP contribution in [0.15, 0.2) is 54.7 Å². The molecule has 1 aliphatic rings. The third kappa shape index (κ3) is 4.36. The number of rotatable bonds is 6. The zero-order valence-electron chi connectivity index (χ0n) is 20.1. The second-order valence-corrected chi connectivity index (χ2v) is 9.31. The smallest absolute Gasteiger partial charge is 0.141 e. The summed E-state index contributed by atoms with van der Waals surface area (Å²) in [5.74, 6) is -0.689. The highest BCUT2D eigenvalue weighted by molar-refractivity contribution is 6.02. The SMILES string of the molecule is CCNCC1CN(c2c(-c3cc(C)cc(F)c3)cnc3ccc(-c4cc(F)cc(C#N)c4O)cc23)C1. The zero-order chi connectivity index (χ0) is 25.4. The molecular formula is C29H26F2N4O. The first-order valence-corrected chi connectivity index (χ1v) is 12.0.